The van der Waals surface area contributed by atoms with Crippen LogP contribution in [0, 0.1) is 0 Å². The number of aliphatic imine (C=N–C) groups is 1. The molecule has 0 saturated carbocycles. The summed E-state index contributed by atoms with van der Waals surface area (Å²) in [5.74, 6) is 0.814. The Morgan fingerprint density at radius 1 is 1.07 bits per heavy atom. The minimum Gasteiger partial charge on any atom is -0.402 e. The topological polar surface area (TPSA) is 84.8 Å². The molecule has 0 radical (unpaired) electrons. The van der Waals surface area contributed by atoms with Gasteiger partial charge in [0.2, 0.25) is 0 Å². The van der Waals surface area contributed by atoms with Crippen LogP contribution in [0.3, 0.4) is 0 Å². The van der Waals surface area contributed by atoms with Gasteiger partial charge in [-0.2, -0.15) is 10.2 Å². The lowest BCUT2D eigenvalue weighted by molar-refractivity contribution is 0.129. The molecule has 3 N–H and O–H groups in total. The highest BCUT2D eigenvalue weighted by molar-refractivity contribution is 6.30. The van der Waals surface area contributed by atoms with Gasteiger partial charge < -0.3 is 20.9 Å². The Balaban J connectivity index is 1.86. The van der Waals surface area contributed by atoms with Crippen LogP contribution in [-0.2, 0) is 0 Å². The van der Waals surface area contributed by atoms with Crippen LogP contribution in [0.1, 0.15) is 27.2 Å². The van der Waals surface area contributed by atoms with Gasteiger partial charge in [-0.1, -0.05) is 6.92 Å². The molecule has 28 heavy (non-hydrogen) atoms. The van der Waals surface area contributed by atoms with Crippen molar-refractivity contribution in [3.63, 3.8) is 0 Å². The van der Waals surface area contributed by atoms with E-state index >= 15 is 0 Å². The largest absolute Gasteiger partial charge is 0.402 e. The minimum absolute atomic E-state index is 0.577. The Hall–Kier alpha value is -2.19. The normalized spacial score (nSPS) is 21.1. The van der Waals surface area contributed by atoms with E-state index in [1.165, 1.54) is 0 Å². The first-order valence-electron chi connectivity index (χ1n) is 10.3. The molecule has 0 aliphatic carbocycles. The fourth-order valence-corrected chi connectivity index (χ4v) is 3.20. The van der Waals surface area contributed by atoms with Crippen molar-refractivity contribution in [2.24, 2.45) is 20.9 Å². The highest BCUT2D eigenvalue weighted by Gasteiger charge is 2.20. The van der Waals surface area contributed by atoms with Crippen LogP contribution < -0.4 is 11.1 Å². The van der Waals surface area contributed by atoms with E-state index in [1.54, 1.807) is 18.6 Å². The van der Waals surface area contributed by atoms with Crippen molar-refractivity contribution in [3.05, 3.63) is 24.3 Å². The maximum atomic E-state index is 5.85. The summed E-state index contributed by atoms with van der Waals surface area (Å²) >= 11 is 0. The van der Waals surface area contributed by atoms with Gasteiger partial charge >= 0.3 is 0 Å². The monoisotopic (exact) mass is 388 g/mol. The third kappa shape index (κ3) is 7.44. The fraction of sp³-hybridized carbons (Fsp3) is 0.650. The zero-order valence-electron chi connectivity index (χ0n) is 17.6. The standard InChI is InChI=1S/C20H36N8/c1-4-19(17-24-23-6-5-9-26-10-7-22-8-11-26)25-20(16-21)28-14-12-27(13-15-28)18(2)3/h5-6,9,16-18,22H,4,7-8,10-15,21H2,1-3H3/b9-5+,20-16?,23-6-,24-17?,25-19?. The maximum absolute atomic E-state index is 5.85. The third-order valence-electron chi connectivity index (χ3n) is 5.01. The number of allylic oxidation sites excluding steroid dienone is 1. The molecule has 0 aromatic heterocycles. The van der Waals surface area contributed by atoms with Crippen LogP contribution in [0.15, 0.2) is 39.5 Å². The lowest BCUT2D eigenvalue weighted by atomic mass is 10.2. The zero-order valence-corrected chi connectivity index (χ0v) is 17.6. The Bertz CT molecular complexity index is 591. The summed E-state index contributed by atoms with van der Waals surface area (Å²) in [5, 5.41) is 11.5. The molecule has 0 aromatic rings. The van der Waals surface area contributed by atoms with E-state index in [2.05, 4.69) is 57.2 Å². The van der Waals surface area contributed by atoms with Crippen LogP contribution in [-0.4, -0.2) is 91.2 Å². The quantitative estimate of drug-likeness (QED) is 0.480. The lowest BCUT2D eigenvalue weighted by Crippen LogP contribution is -2.48. The molecule has 0 aromatic carbocycles. The summed E-state index contributed by atoms with van der Waals surface area (Å²) in [6.45, 7) is 14.6. The summed E-state index contributed by atoms with van der Waals surface area (Å²) in [6.07, 6.45) is 9.76. The molecule has 0 spiro atoms. The zero-order chi connectivity index (χ0) is 20.2. The van der Waals surface area contributed by atoms with E-state index in [0.717, 1.165) is 70.3 Å². The average Bonchev–Trinajstić information content (AvgIpc) is 2.73. The second-order valence-corrected chi connectivity index (χ2v) is 7.23. The van der Waals surface area contributed by atoms with E-state index in [9.17, 15) is 0 Å². The predicted molar refractivity (Wildman–Crippen MR) is 119 cm³/mol. The van der Waals surface area contributed by atoms with Gasteiger partial charge in [0, 0.05) is 70.8 Å². The van der Waals surface area contributed by atoms with Gasteiger partial charge in [-0.05, 0) is 26.3 Å². The second kappa shape index (κ2) is 12.3. The molecule has 0 amide bonds. The summed E-state index contributed by atoms with van der Waals surface area (Å²) in [4.78, 5) is 11.7. The molecule has 156 valence electrons. The molecule has 0 bridgehead atoms. The van der Waals surface area contributed by atoms with Gasteiger partial charge in [-0.15, -0.1) is 0 Å². The molecule has 0 unspecified atom stereocenters. The molecule has 2 aliphatic rings. The van der Waals surface area contributed by atoms with Gasteiger partial charge in [-0.25, -0.2) is 4.99 Å². The Morgan fingerprint density at radius 2 is 1.79 bits per heavy atom. The number of rotatable bonds is 8. The van der Waals surface area contributed by atoms with E-state index in [1.807, 2.05) is 6.08 Å². The molecule has 8 nitrogen and oxygen atoms in total. The first-order chi connectivity index (χ1) is 13.6. The van der Waals surface area contributed by atoms with Crippen LogP contribution >= 0.6 is 0 Å². The Labute approximate surface area is 169 Å². The molecule has 2 rings (SSSR count). The van der Waals surface area contributed by atoms with Gasteiger partial charge in [0.05, 0.1) is 18.1 Å². The number of nitrogens with one attached hydrogen (secondary N) is 1. The van der Waals surface area contributed by atoms with Crippen LogP contribution in [0.4, 0.5) is 0 Å². The highest BCUT2D eigenvalue weighted by Crippen LogP contribution is 2.12. The van der Waals surface area contributed by atoms with Crippen LogP contribution in [0.2, 0.25) is 0 Å². The number of hydrogen-bond acceptors (Lipinski definition) is 8. The van der Waals surface area contributed by atoms with Crippen molar-refractivity contribution >= 4 is 18.1 Å². The first kappa shape index (κ1) is 22.1. The summed E-state index contributed by atoms with van der Waals surface area (Å²) < 4.78 is 0. The molecule has 2 saturated heterocycles. The fourth-order valence-electron chi connectivity index (χ4n) is 3.20. The van der Waals surface area contributed by atoms with Gasteiger partial charge in [0.1, 0.15) is 5.82 Å². The summed E-state index contributed by atoms with van der Waals surface area (Å²) in [7, 11) is 0. The molecule has 8 heteroatoms. The minimum atomic E-state index is 0.577. The number of piperazine rings is 2. The lowest BCUT2D eigenvalue weighted by Gasteiger charge is -2.37. The van der Waals surface area contributed by atoms with Crippen molar-refractivity contribution in [2.45, 2.75) is 33.2 Å². The highest BCUT2D eigenvalue weighted by atomic mass is 15.3. The summed E-state index contributed by atoms with van der Waals surface area (Å²) in [5.41, 5.74) is 6.72. The van der Waals surface area contributed by atoms with Crippen molar-refractivity contribution in [3.8, 4) is 0 Å². The van der Waals surface area contributed by atoms with E-state index in [-0.39, 0.29) is 0 Å². The molecule has 2 heterocycles. The second-order valence-electron chi connectivity index (χ2n) is 7.23. The van der Waals surface area contributed by atoms with Crippen molar-refractivity contribution in [2.75, 3.05) is 52.4 Å². The number of nitrogens with two attached hydrogens (primary N) is 1. The average molecular weight is 389 g/mol. The van der Waals surface area contributed by atoms with Gasteiger partial charge in [0.25, 0.3) is 0 Å². The molecule has 2 aliphatic heterocycles. The molecule has 0 atom stereocenters. The van der Waals surface area contributed by atoms with Crippen molar-refractivity contribution in [1.82, 2.24) is 20.0 Å². The number of hydrogen-bond donors (Lipinski definition) is 2. The smallest absolute Gasteiger partial charge is 0.144 e. The SMILES string of the molecule is CCC(C=N/N=C\C=C\N1CCNCC1)=NC(=CN)N1CCN(C(C)C)CC1. The molecular weight excluding hydrogens is 352 g/mol. The van der Waals surface area contributed by atoms with Crippen molar-refractivity contribution < 1.29 is 0 Å². The summed E-state index contributed by atoms with van der Waals surface area (Å²) in [6, 6.07) is 0.577. The number of nitrogens with zero attached hydrogens (tertiary/aromatic N) is 6. The van der Waals surface area contributed by atoms with E-state index in [4.69, 9.17) is 10.7 Å². The van der Waals surface area contributed by atoms with E-state index < -0.39 is 0 Å². The van der Waals surface area contributed by atoms with Crippen LogP contribution in [0.5, 0.6) is 0 Å². The van der Waals surface area contributed by atoms with Crippen molar-refractivity contribution in [1.29, 1.82) is 0 Å². The van der Waals surface area contributed by atoms with Crippen LogP contribution in [0.25, 0.3) is 0 Å². The Morgan fingerprint density at radius 3 is 2.39 bits per heavy atom. The van der Waals surface area contributed by atoms with Gasteiger partial charge in [0.15, 0.2) is 0 Å². The van der Waals surface area contributed by atoms with Gasteiger partial charge in [-0.3, -0.25) is 4.90 Å². The molecular formula is C20H36N8. The van der Waals surface area contributed by atoms with E-state index in [0.29, 0.717) is 6.04 Å². The Kier molecular flexibility index (Phi) is 9.71. The predicted octanol–water partition coefficient (Wildman–Crippen LogP) is 1.10. The third-order valence-corrected chi connectivity index (χ3v) is 5.01. The molecule has 2 fully saturated rings. The first-order valence-corrected chi connectivity index (χ1v) is 10.3. The maximum Gasteiger partial charge on any atom is 0.144 e.